The molecule has 1 saturated heterocycles. The zero-order valence-corrected chi connectivity index (χ0v) is 10.3. The third-order valence-electron chi connectivity index (χ3n) is 2.58. The summed E-state index contributed by atoms with van der Waals surface area (Å²) >= 11 is 0. The Morgan fingerprint density at radius 2 is 2.19 bits per heavy atom. The molecule has 0 spiro atoms. The molecule has 0 aliphatic carbocycles. The molecule has 16 heavy (non-hydrogen) atoms. The zero-order valence-electron chi connectivity index (χ0n) is 9.51. The molecule has 1 heterocycles. The summed E-state index contributed by atoms with van der Waals surface area (Å²) in [5.74, 6) is -1.23. The highest BCUT2D eigenvalue weighted by Crippen LogP contribution is 2.13. The Kier molecular flexibility index (Phi) is 4.28. The summed E-state index contributed by atoms with van der Waals surface area (Å²) in [7, 11) is -3.47. The molecule has 1 unspecified atom stereocenters. The standard InChI is InChI=1S/C9H18N2O4S/c1-7(2)3-4-11-6-8(9(12)13)5-10-16(11,14)15/h7-8,10H,3-6H2,1-2H3,(H,12,13). The lowest BCUT2D eigenvalue weighted by atomic mass is 10.1. The van der Waals surface area contributed by atoms with Crippen molar-refractivity contribution in [1.82, 2.24) is 9.03 Å². The Hall–Kier alpha value is -0.660. The van der Waals surface area contributed by atoms with Gasteiger partial charge in [0.25, 0.3) is 10.2 Å². The maximum absolute atomic E-state index is 11.6. The first-order valence-corrected chi connectivity index (χ1v) is 6.74. The highest BCUT2D eigenvalue weighted by molar-refractivity contribution is 7.87. The fourth-order valence-corrected chi connectivity index (χ4v) is 2.80. The van der Waals surface area contributed by atoms with Gasteiger partial charge in [0, 0.05) is 19.6 Å². The van der Waals surface area contributed by atoms with Crippen LogP contribution in [0, 0.1) is 11.8 Å². The number of carboxylic acids is 1. The van der Waals surface area contributed by atoms with Crippen LogP contribution in [0.5, 0.6) is 0 Å². The summed E-state index contributed by atoms with van der Waals surface area (Å²) in [4.78, 5) is 10.8. The molecule has 2 N–H and O–H groups in total. The molecule has 1 aliphatic rings. The predicted octanol–water partition coefficient (Wildman–Crippen LogP) is -0.117. The third-order valence-corrected chi connectivity index (χ3v) is 4.12. The molecule has 7 heteroatoms. The summed E-state index contributed by atoms with van der Waals surface area (Å²) < 4.78 is 26.7. The van der Waals surface area contributed by atoms with Crippen molar-refractivity contribution < 1.29 is 18.3 Å². The number of nitrogens with one attached hydrogen (secondary N) is 1. The Labute approximate surface area is 95.8 Å². The lowest BCUT2D eigenvalue weighted by Crippen LogP contribution is -2.53. The molecule has 0 aromatic heterocycles. The Bertz CT molecular complexity index is 353. The van der Waals surface area contributed by atoms with Gasteiger partial charge in [-0.05, 0) is 12.3 Å². The van der Waals surface area contributed by atoms with E-state index in [2.05, 4.69) is 4.72 Å². The highest BCUT2D eigenvalue weighted by atomic mass is 32.2. The van der Waals surface area contributed by atoms with E-state index in [-0.39, 0.29) is 13.1 Å². The Morgan fingerprint density at radius 3 is 2.69 bits per heavy atom. The summed E-state index contributed by atoms with van der Waals surface area (Å²) in [6.07, 6.45) is 0.729. The van der Waals surface area contributed by atoms with Gasteiger partial charge in [0.1, 0.15) is 0 Å². The van der Waals surface area contributed by atoms with Gasteiger partial charge in [-0.25, -0.2) is 4.72 Å². The molecule has 0 aromatic rings. The van der Waals surface area contributed by atoms with Gasteiger partial charge in [0.15, 0.2) is 0 Å². The summed E-state index contributed by atoms with van der Waals surface area (Å²) in [6.45, 7) is 4.42. The molecule has 1 fully saturated rings. The van der Waals surface area contributed by atoms with E-state index in [9.17, 15) is 13.2 Å². The van der Waals surface area contributed by atoms with Crippen molar-refractivity contribution in [1.29, 1.82) is 0 Å². The van der Waals surface area contributed by atoms with Gasteiger partial charge in [-0.3, -0.25) is 4.79 Å². The van der Waals surface area contributed by atoms with E-state index in [0.717, 1.165) is 6.42 Å². The molecular formula is C9H18N2O4S. The van der Waals surface area contributed by atoms with Crippen LogP contribution < -0.4 is 4.72 Å². The number of hydrogen-bond acceptors (Lipinski definition) is 3. The van der Waals surface area contributed by atoms with Crippen LogP contribution in [-0.2, 0) is 15.0 Å². The van der Waals surface area contributed by atoms with E-state index in [0.29, 0.717) is 12.5 Å². The molecule has 0 amide bonds. The first-order valence-electron chi connectivity index (χ1n) is 5.30. The number of aliphatic carboxylic acids is 1. The minimum Gasteiger partial charge on any atom is -0.481 e. The highest BCUT2D eigenvalue weighted by Gasteiger charge is 2.34. The monoisotopic (exact) mass is 250 g/mol. The molecule has 1 aliphatic heterocycles. The topological polar surface area (TPSA) is 86.7 Å². The average molecular weight is 250 g/mol. The average Bonchev–Trinajstić information content (AvgIpc) is 2.14. The van der Waals surface area contributed by atoms with Crippen LogP contribution >= 0.6 is 0 Å². The van der Waals surface area contributed by atoms with E-state index in [1.807, 2.05) is 13.8 Å². The van der Waals surface area contributed by atoms with Gasteiger partial charge in [-0.15, -0.1) is 0 Å². The van der Waals surface area contributed by atoms with Crippen molar-refractivity contribution in [2.75, 3.05) is 19.6 Å². The van der Waals surface area contributed by atoms with Crippen molar-refractivity contribution >= 4 is 16.2 Å². The van der Waals surface area contributed by atoms with E-state index >= 15 is 0 Å². The van der Waals surface area contributed by atoms with Crippen LogP contribution in [0.15, 0.2) is 0 Å². The second kappa shape index (κ2) is 5.11. The Morgan fingerprint density at radius 1 is 1.56 bits per heavy atom. The third kappa shape index (κ3) is 3.43. The molecule has 0 bridgehead atoms. The quantitative estimate of drug-likeness (QED) is 0.728. The summed E-state index contributed by atoms with van der Waals surface area (Å²) in [5, 5.41) is 8.84. The zero-order chi connectivity index (χ0) is 12.3. The lowest BCUT2D eigenvalue weighted by Gasteiger charge is -2.30. The molecule has 0 aromatic carbocycles. The van der Waals surface area contributed by atoms with Crippen LogP contribution in [0.1, 0.15) is 20.3 Å². The normalized spacial score (nSPS) is 25.8. The number of hydrogen-bond donors (Lipinski definition) is 2. The van der Waals surface area contributed by atoms with Crippen LogP contribution in [0.3, 0.4) is 0 Å². The maximum atomic E-state index is 11.6. The van der Waals surface area contributed by atoms with E-state index in [1.54, 1.807) is 0 Å². The predicted molar refractivity (Wildman–Crippen MR) is 59.1 cm³/mol. The largest absolute Gasteiger partial charge is 0.481 e. The maximum Gasteiger partial charge on any atom is 0.309 e. The first kappa shape index (κ1) is 13.4. The van der Waals surface area contributed by atoms with Gasteiger partial charge in [0.2, 0.25) is 0 Å². The van der Waals surface area contributed by atoms with Crippen LogP contribution in [0.4, 0.5) is 0 Å². The SMILES string of the molecule is CC(C)CCN1CC(C(=O)O)CNS1(=O)=O. The van der Waals surface area contributed by atoms with Gasteiger partial charge < -0.3 is 5.11 Å². The minimum atomic E-state index is -3.47. The fraction of sp³-hybridized carbons (Fsp3) is 0.889. The number of carboxylic acid groups (broad SMARTS) is 1. The first-order chi connectivity index (χ1) is 7.33. The molecule has 0 saturated carbocycles. The van der Waals surface area contributed by atoms with Crippen molar-refractivity contribution in [3.63, 3.8) is 0 Å². The number of carbonyl (C=O) groups is 1. The second-order valence-electron chi connectivity index (χ2n) is 4.43. The fourth-order valence-electron chi connectivity index (χ4n) is 1.48. The van der Waals surface area contributed by atoms with Crippen LogP contribution in [0.25, 0.3) is 0 Å². The van der Waals surface area contributed by atoms with E-state index in [1.165, 1.54) is 4.31 Å². The second-order valence-corrected chi connectivity index (χ2v) is 6.18. The number of rotatable bonds is 4. The minimum absolute atomic E-state index is 0.0180. The van der Waals surface area contributed by atoms with Crippen LogP contribution in [0.2, 0.25) is 0 Å². The molecule has 94 valence electrons. The van der Waals surface area contributed by atoms with Gasteiger partial charge >= 0.3 is 5.97 Å². The molecule has 0 radical (unpaired) electrons. The lowest BCUT2D eigenvalue weighted by molar-refractivity contribution is -0.141. The molecule has 1 atom stereocenters. The van der Waals surface area contributed by atoms with Crippen molar-refractivity contribution in [3.8, 4) is 0 Å². The van der Waals surface area contributed by atoms with Crippen LogP contribution in [-0.4, -0.2) is 43.4 Å². The van der Waals surface area contributed by atoms with Crippen molar-refractivity contribution in [2.24, 2.45) is 11.8 Å². The Balaban J connectivity index is 2.65. The van der Waals surface area contributed by atoms with E-state index < -0.39 is 22.1 Å². The smallest absolute Gasteiger partial charge is 0.309 e. The van der Waals surface area contributed by atoms with Gasteiger partial charge in [-0.2, -0.15) is 12.7 Å². The number of nitrogens with zero attached hydrogens (tertiary/aromatic N) is 1. The van der Waals surface area contributed by atoms with Gasteiger partial charge in [-0.1, -0.05) is 13.8 Å². The molecule has 1 rings (SSSR count). The molecule has 6 nitrogen and oxygen atoms in total. The van der Waals surface area contributed by atoms with Gasteiger partial charge in [0.05, 0.1) is 5.92 Å². The summed E-state index contributed by atoms with van der Waals surface area (Å²) in [6, 6.07) is 0. The van der Waals surface area contributed by atoms with E-state index in [4.69, 9.17) is 5.11 Å². The molecular weight excluding hydrogens is 232 g/mol. The van der Waals surface area contributed by atoms with Crippen molar-refractivity contribution in [3.05, 3.63) is 0 Å². The summed E-state index contributed by atoms with van der Waals surface area (Å²) in [5.41, 5.74) is 0. The van der Waals surface area contributed by atoms with Crippen molar-refractivity contribution in [2.45, 2.75) is 20.3 Å².